The van der Waals surface area contributed by atoms with Gasteiger partial charge in [-0.3, -0.25) is 4.79 Å². The highest BCUT2D eigenvalue weighted by molar-refractivity contribution is 7.09. The average Bonchev–Trinajstić information content (AvgIpc) is 3.27. The Bertz CT molecular complexity index is 1100. The van der Waals surface area contributed by atoms with Crippen LogP contribution in [0.5, 0.6) is 5.88 Å². The molecule has 0 aliphatic heterocycles. The van der Waals surface area contributed by atoms with Gasteiger partial charge in [0.15, 0.2) is 5.69 Å². The summed E-state index contributed by atoms with van der Waals surface area (Å²) < 4.78 is 0. The van der Waals surface area contributed by atoms with Crippen molar-refractivity contribution in [3.05, 3.63) is 82.0 Å². The van der Waals surface area contributed by atoms with Crippen LogP contribution in [0.3, 0.4) is 0 Å². The lowest BCUT2D eigenvalue weighted by Gasteiger charge is -2.01. The van der Waals surface area contributed by atoms with Crippen LogP contribution in [0.2, 0.25) is 0 Å². The van der Waals surface area contributed by atoms with E-state index in [-0.39, 0.29) is 11.6 Å². The van der Waals surface area contributed by atoms with Gasteiger partial charge >= 0.3 is 0 Å². The van der Waals surface area contributed by atoms with Crippen molar-refractivity contribution in [2.75, 3.05) is 0 Å². The molecule has 0 unspecified atom stereocenters. The van der Waals surface area contributed by atoms with Gasteiger partial charge in [0.25, 0.3) is 5.91 Å². The van der Waals surface area contributed by atoms with Crippen molar-refractivity contribution in [2.45, 2.75) is 6.42 Å². The summed E-state index contributed by atoms with van der Waals surface area (Å²) in [5.74, 6) is -0.545. The number of aromatic nitrogens is 1. The van der Waals surface area contributed by atoms with Crippen LogP contribution in [0.4, 0.5) is 5.69 Å². The monoisotopic (exact) mass is 361 g/mol. The molecule has 2 aromatic carbocycles. The summed E-state index contributed by atoms with van der Waals surface area (Å²) in [6.07, 6.45) is 0.777. The third kappa shape index (κ3) is 3.27. The Morgan fingerprint density at radius 2 is 1.96 bits per heavy atom. The summed E-state index contributed by atoms with van der Waals surface area (Å²) in [6.45, 7) is 0. The number of para-hydroxylation sites is 1. The van der Waals surface area contributed by atoms with E-state index in [4.69, 9.17) is 0 Å². The van der Waals surface area contributed by atoms with Crippen molar-refractivity contribution in [1.82, 2.24) is 4.98 Å². The number of nitrogens with one attached hydrogen (secondary N) is 1. The quantitative estimate of drug-likeness (QED) is 0.474. The molecule has 0 radical (unpaired) electrons. The standard InChI is InChI=1S/C20H15N3O2S/c24-19(14-6-3-5-13(11-14)12-15-7-4-10-26-15)23-22-18-16-8-1-2-9-17(16)21-20(18)25/h1-11,21,25H,12H2. The molecule has 0 atom stereocenters. The first-order chi connectivity index (χ1) is 12.7. The van der Waals surface area contributed by atoms with Gasteiger partial charge in [-0.05, 0) is 35.2 Å². The van der Waals surface area contributed by atoms with E-state index in [9.17, 15) is 9.90 Å². The first-order valence-corrected chi connectivity index (χ1v) is 8.96. The Morgan fingerprint density at radius 1 is 1.08 bits per heavy atom. The van der Waals surface area contributed by atoms with E-state index in [2.05, 4.69) is 21.3 Å². The van der Waals surface area contributed by atoms with Crippen molar-refractivity contribution in [3.63, 3.8) is 0 Å². The normalized spacial score (nSPS) is 11.4. The molecule has 26 heavy (non-hydrogen) atoms. The lowest BCUT2D eigenvalue weighted by Crippen LogP contribution is -1.95. The van der Waals surface area contributed by atoms with Gasteiger partial charge in [0.2, 0.25) is 5.88 Å². The molecule has 0 fully saturated rings. The second kappa shape index (κ2) is 6.93. The Morgan fingerprint density at radius 3 is 2.81 bits per heavy atom. The number of nitrogens with zero attached hydrogens (tertiary/aromatic N) is 2. The van der Waals surface area contributed by atoms with E-state index < -0.39 is 5.91 Å². The van der Waals surface area contributed by atoms with Gasteiger partial charge in [-0.15, -0.1) is 21.6 Å². The molecule has 4 aromatic rings. The van der Waals surface area contributed by atoms with Crippen LogP contribution in [0, 0.1) is 0 Å². The highest BCUT2D eigenvalue weighted by Gasteiger charge is 2.11. The number of aromatic amines is 1. The highest BCUT2D eigenvalue weighted by atomic mass is 32.1. The number of rotatable bonds is 4. The second-order valence-corrected chi connectivity index (χ2v) is 6.86. The van der Waals surface area contributed by atoms with E-state index in [0.29, 0.717) is 10.9 Å². The Labute approximate surface area is 153 Å². The van der Waals surface area contributed by atoms with Gasteiger partial charge in [0.05, 0.1) is 5.52 Å². The van der Waals surface area contributed by atoms with Gasteiger partial charge < -0.3 is 10.1 Å². The van der Waals surface area contributed by atoms with Crippen molar-refractivity contribution >= 4 is 33.8 Å². The number of aromatic hydroxyl groups is 1. The third-order valence-corrected chi connectivity index (χ3v) is 4.91. The van der Waals surface area contributed by atoms with Gasteiger partial charge in [0.1, 0.15) is 0 Å². The number of carbonyl (C=O) groups is 1. The summed E-state index contributed by atoms with van der Waals surface area (Å²) in [5, 5.41) is 20.5. The maximum atomic E-state index is 12.4. The predicted octanol–water partition coefficient (Wildman–Crippen LogP) is 5.45. The zero-order chi connectivity index (χ0) is 17.9. The van der Waals surface area contributed by atoms with E-state index in [1.807, 2.05) is 53.9 Å². The zero-order valence-electron chi connectivity index (χ0n) is 13.7. The number of carbonyl (C=O) groups excluding carboxylic acids is 1. The van der Waals surface area contributed by atoms with Crippen LogP contribution in [0.1, 0.15) is 20.8 Å². The Balaban J connectivity index is 1.58. The molecule has 1 amide bonds. The lowest BCUT2D eigenvalue weighted by molar-refractivity contribution is 0.0995. The molecule has 0 aliphatic carbocycles. The van der Waals surface area contributed by atoms with Crippen LogP contribution in [-0.4, -0.2) is 16.0 Å². The van der Waals surface area contributed by atoms with Crippen LogP contribution >= 0.6 is 11.3 Å². The number of thiophene rings is 1. The molecule has 0 aliphatic rings. The van der Waals surface area contributed by atoms with E-state index >= 15 is 0 Å². The third-order valence-electron chi connectivity index (χ3n) is 4.03. The molecule has 6 heteroatoms. The zero-order valence-corrected chi connectivity index (χ0v) is 14.5. The van der Waals surface area contributed by atoms with Gasteiger partial charge in [0, 0.05) is 22.2 Å². The molecular weight excluding hydrogens is 346 g/mol. The molecule has 2 N–H and O–H groups in total. The van der Waals surface area contributed by atoms with Gasteiger partial charge in [-0.1, -0.05) is 36.4 Å². The maximum absolute atomic E-state index is 12.4. The van der Waals surface area contributed by atoms with Gasteiger partial charge in [-0.25, -0.2) is 0 Å². The fraction of sp³-hybridized carbons (Fsp3) is 0.0500. The molecule has 2 heterocycles. The molecule has 2 aromatic heterocycles. The van der Waals surface area contributed by atoms with E-state index in [1.165, 1.54) is 4.88 Å². The smallest absolute Gasteiger partial charge is 0.295 e. The SMILES string of the molecule is O=C(N=Nc1c(O)[nH]c2ccccc12)c1cccc(Cc2cccs2)c1. The number of hydrogen-bond acceptors (Lipinski definition) is 4. The predicted molar refractivity (Wildman–Crippen MR) is 102 cm³/mol. The number of H-pyrrole nitrogens is 1. The number of hydrogen-bond donors (Lipinski definition) is 2. The van der Waals surface area contributed by atoms with Crippen molar-refractivity contribution in [3.8, 4) is 5.88 Å². The van der Waals surface area contributed by atoms with Crippen LogP contribution in [0.25, 0.3) is 10.9 Å². The molecular formula is C20H15N3O2S. The fourth-order valence-electron chi connectivity index (χ4n) is 2.80. The molecule has 0 spiro atoms. The number of benzene rings is 2. The maximum Gasteiger partial charge on any atom is 0.295 e. The first-order valence-electron chi connectivity index (χ1n) is 8.08. The van der Waals surface area contributed by atoms with Crippen molar-refractivity contribution < 1.29 is 9.90 Å². The Hall–Kier alpha value is -3.25. The molecule has 5 nitrogen and oxygen atoms in total. The average molecular weight is 361 g/mol. The number of azo groups is 1. The number of fused-ring (bicyclic) bond motifs is 1. The summed E-state index contributed by atoms with van der Waals surface area (Å²) >= 11 is 1.69. The van der Waals surface area contributed by atoms with E-state index in [0.717, 1.165) is 17.5 Å². The first kappa shape index (κ1) is 16.2. The van der Waals surface area contributed by atoms with E-state index in [1.54, 1.807) is 17.4 Å². The number of amides is 1. The van der Waals surface area contributed by atoms with Crippen LogP contribution < -0.4 is 0 Å². The minimum atomic E-state index is -0.442. The topological polar surface area (TPSA) is 77.8 Å². The van der Waals surface area contributed by atoms with Crippen molar-refractivity contribution in [1.29, 1.82) is 0 Å². The van der Waals surface area contributed by atoms with Crippen LogP contribution in [-0.2, 0) is 6.42 Å². The minimum Gasteiger partial charge on any atom is -0.493 e. The summed E-state index contributed by atoms with van der Waals surface area (Å²) in [5.41, 5.74) is 2.53. The van der Waals surface area contributed by atoms with Crippen LogP contribution in [0.15, 0.2) is 76.3 Å². The second-order valence-electron chi connectivity index (χ2n) is 5.83. The summed E-state index contributed by atoms with van der Waals surface area (Å²) in [4.78, 5) is 16.4. The van der Waals surface area contributed by atoms with Gasteiger partial charge in [-0.2, -0.15) is 0 Å². The molecule has 0 saturated heterocycles. The highest BCUT2D eigenvalue weighted by Crippen LogP contribution is 2.35. The fourth-order valence-corrected chi connectivity index (χ4v) is 3.54. The summed E-state index contributed by atoms with van der Waals surface area (Å²) in [6, 6.07) is 18.8. The molecule has 0 bridgehead atoms. The minimum absolute atomic E-state index is 0.103. The molecule has 128 valence electrons. The molecule has 4 rings (SSSR count). The molecule has 0 saturated carbocycles. The van der Waals surface area contributed by atoms with Crippen molar-refractivity contribution in [2.24, 2.45) is 10.2 Å². The Kier molecular flexibility index (Phi) is 4.33. The summed E-state index contributed by atoms with van der Waals surface area (Å²) in [7, 11) is 0. The lowest BCUT2D eigenvalue weighted by atomic mass is 10.1. The largest absolute Gasteiger partial charge is 0.493 e.